The Labute approximate surface area is 98.0 Å². The van der Waals surface area contributed by atoms with Gasteiger partial charge in [0.1, 0.15) is 11.8 Å². The number of rotatable bonds is 2. The van der Waals surface area contributed by atoms with Gasteiger partial charge in [0, 0.05) is 18.7 Å². The van der Waals surface area contributed by atoms with Crippen molar-refractivity contribution in [3.63, 3.8) is 0 Å². The van der Waals surface area contributed by atoms with Crippen molar-refractivity contribution in [2.24, 2.45) is 0 Å². The molecule has 0 bridgehead atoms. The van der Waals surface area contributed by atoms with Crippen molar-refractivity contribution in [3.05, 3.63) is 23.8 Å². The third-order valence-electron chi connectivity index (χ3n) is 2.82. The molecule has 0 saturated carbocycles. The van der Waals surface area contributed by atoms with Crippen molar-refractivity contribution in [2.75, 3.05) is 31.2 Å². The number of carbonyl (C=O) groups is 1. The molecule has 88 valence electrons. The van der Waals surface area contributed by atoms with Crippen LogP contribution in [-0.4, -0.2) is 37.6 Å². The van der Waals surface area contributed by atoms with Gasteiger partial charge in [-0.15, -0.1) is 0 Å². The Morgan fingerprint density at radius 1 is 1.29 bits per heavy atom. The number of nitrogens with zero attached hydrogens (tertiary/aromatic N) is 2. The summed E-state index contributed by atoms with van der Waals surface area (Å²) in [5.74, 6) is 0. The molecule has 1 aromatic heterocycles. The predicted octanol–water partition coefficient (Wildman–Crippen LogP) is 1.48. The average molecular weight is 232 g/mol. The molecule has 5 heteroatoms. The topological polar surface area (TPSA) is 55.6 Å². The third-order valence-corrected chi connectivity index (χ3v) is 2.82. The zero-order valence-corrected chi connectivity index (χ0v) is 9.26. The molecule has 1 aromatic carbocycles. The van der Waals surface area contributed by atoms with Crippen LogP contribution >= 0.6 is 0 Å². The molecule has 17 heavy (non-hydrogen) atoms. The van der Waals surface area contributed by atoms with E-state index < -0.39 is 0 Å². The molecule has 0 spiro atoms. The maximum Gasteiger partial charge on any atom is 0.298 e. The number of benzene rings is 1. The number of anilines is 1. The molecule has 3 rings (SSSR count). The van der Waals surface area contributed by atoms with Gasteiger partial charge in [-0.1, -0.05) is 0 Å². The van der Waals surface area contributed by atoms with Crippen LogP contribution in [0.4, 0.5) is 6.01 Å². The zero-order valence-electron chi connectivity index (χ0n) is 9.26. The Bertz CT molecular complexity index is 544. The second-order valence-electron chi connectivity index (χ2n) is 3.94. The molecule has 1 aliphatic heterocycles. The summed E-state index contributed by atoms with van der Waals surface area (Å²) in [5.41, 5.74) is 2.03. The fourth-order valence-electron chi connectivity index (χ4n) is 1.90. The van der Waals surface area contributed by atoms with E-state index in [-0.39, 0.29) is 0 Å². The Balaban J connectivity index is 1.97. The molecule has 5 nitrogen and oxygen atoms in total. The fraction of sp³-hybridized carbons (Fsp3) is 0.333. The smallest absolute Gasteiger partial charge is 0.298 e. The van der Waals surface area contributed by atoms with E-state index in [1.54, 1.807) is 18.2 Å². The van der Waals surface area contributed by atoms with Crippen LogP contribution in [0.5, 0.6) is 0 Å². The number of oxazole rings is 1. The van der Waals surface area contributed by atoms with Crippen molar-refractivity contribution < 1.29 is 13.9 Å². The molecule has 2 aromatic rings. The largest absolute Gasteiger partial charge is 0.423 e. The van der Waals surface area contributed by atoms with Gasteiger partial charge < -0.3 is 14.1 Å². The van der Waals surface area contributed by atoms with Crippen molar-refractivity contribution in [1.29, 1.82) is 0 Å². The highest BCUT2D eigenvalue weighted by atomic mass is 16.5. The van der Waals surface area contributed by atoms with E-state index in [1.165, 1.54) is 0 Å². The first-order valence-electron chi connectivity index (χ1n) is 5.55. The van der Waals surface area contributed by atoms with Crippen LogP contribution in [0.15, 0.2) is 22.6 Å². The standard InChI is InChI=1S/C12H12N2O3/c15-8-9-1-2-11-10(7-9)13-12(17-11)14-3-5-16-6-4-14/h1-2,7-8H,3-6H2. The summed E-state index contributed by atoms with van der Waals surface area (Å²) in [6.45, 7) is 2.96. The number of ether oxygens (including phenoxy) is 1. The molecule has 1 aliphatic rings. The first kappa shape index (κ1) is 10.3. The highest BCUT2D eigenvalue weighted by molar-refractivity contribution is 5.84. The van der Waals surface area contributed by atoms with Gasteiger partial charge in [-0.25, -0.2) is 0 Å². The molecule has 1 fully saturated rings. The Morgan fingerprint density at radius 2 is 2.12 bits per heavy atom. The summed E-state index contributed by atoms with van der Waals surface area (Å²) < 4.78 is 10.9. The summed E-state index contributed by atoms with van der Waals surface area (Å²) in [6.07, 6.45) is 0.808. The van der Waals surface area contributed by atoms with Crippen LogP contribution in [0.3, 0.4) is 0 Å². The monoisotopic (exact) mass is 232 g/mol. The van der Waals surface area contributed by atoms with Crippen LogP contribution in [0.1, 0.15) is 10.4 Å². The lowest BCUT2D eigenvalue weighted by atomic mass is 10.2. The molecular formula is C12H12N2O3. The van der Waals surface area contributed by atoms with Gasteiger partial charge in [0.25, 0.3) is 6.01 Å². The molecular weight excluding hydrogens is 220 g/mol. The fourth-order valence-corrected chi connectivity index (χ4v) is 1.90. The van der Waals surface area contributed by atoms with E-state index in [0.717, 1.165) is 24.9 Å². The van der Waals surface area contributed by atoms with Crippen molar-refractivity contribution in [1.82, 2.24) is 4.98 Å². The highest BCUT2D eigenvalue weighted by Gasteiger charge is 2.16. The molecule has 1 saturated heterocycles. The van der Waals surface area contributed by atoms with Crippen molar-refractivity contribution in [3.8, 4) is 0 Å². The maximum atomic E-state index is 10.7. The highest BCUT2D eigenvalue weighted by Crippen LogP contribution is 2.23. The van der Waals surface area contributed by atoms with Gasteiger partial charge in [-0.2, -0.15) is 4.98 Å². The van der Waals surface area contributed by atoms with Gasteiger partial charge in [0.05, 0.1) is 13.2 Å². The van der Waals surface area contributed by atoms with Gasteiger partial charge in [0.15, 0.2) is 5.58 Å². The van der Waals surface area contributed by atoms with Crippen LogP contribution in [-0.2, 0) is 4.74 Å². The number of hydrogen-bond donors (Lipinski definition) is 0. The first-order chi connectivity index (χ1) is 8.36. The van der Waals surface area contributed by atoms with Crippen LogP contribution in [0.2, 0.25) is 0 Å². The van der Waals surface area contributed by atoms with Crippen LogP contribution in [0, 0.1) is 0 Å². The Hall–Kier alpha value is -1.88. The molecule has 0 atom stereocenters. The number of hydrogen-bond acceptors (Lipinski definition) is 5. The van der Waals surface area contributed by atoms with E-state index in [1.807, 2.05) is 4.90 Å². The van der Waals surface area contributed by atoms with Gasteiger partial charge in [0.2, 0.25) is 0 Å². The molecule has 0 aliphatic carbocycles. The van der Waals surface area contributed by atoms with E-state index in [4.69, 9.17) is 9.15 Å². The Kier molecular flexibility index (Phi) is 2.53. The van der Waals surface area contributed by atoms with E-state index >= 15 is 0 Å². The van der Waals surface area contributed by atoms with Crippen LogP contribution < -0.4 is 4.90 Å². The number of carbonyl (C=O) groups excluding carboxylic acids is 1. The second kappa shape index (κ2) is 4.18. The SMILES string of the molecule is O=Cc1ccc2oc(N3CCOCC3)nc2c1. The van der Waals surface area contributed by atoms with Gasteiger partial charge in [-0.05, 0) is 18.2 Å². The minimum absolute atomic E-state index is 0.603. The lowest BCUT2D eigenvalue weighted by Gasteiger charge is -2.24. The summed E-state index contributed by atoms with van der Waals surface area (Å²) in [5, 5.41) is 0. The van der Waals surface area contributed by atoms with Gasteiger partial charge in [-0.3, -0.25) is 4.79 Å². The van der Waals surface area contributed by atoms with Crippen LogP contribution in [0.25, 0.3) is 11.1 Å². The summed E-state index contributed by atoms with van der Waals surface area (Å²) in [4.78, 5) is 17.1. The third kappa shape index (κ3) is 1.89. The maximum absolute atomic E-state index is 10.7. The summed E-state index contributed by atoms with van der Waals surface area (Å²) >= 11 is 0. The predicted molar refractivity (Wildman–Crippen MR) is 62.4 cm³/mol. The number of fused-ring (bicyclic) bond motifs is 1. The quantitative estimate of drug-likeness (QED) is 0.734. The van der Waals surface area contributed by atoms with Gasteiger partial charge >= 0.3 is 0 Å². The van der Waals surface area contributed by atoms with E-state index in [0.29, 0.717) is 30.4 Å². The normalized spacial score (nSPS) is 16.4. The Morgan fingerprint density at radius 3 is 2.88 bits per heavy atom. The van der Waals surface area contributed by atoms with E-state index in [9.17, 15) is 4.79 Å². The zero-order chi connectivity index (χ0) is 11.7. The lowest BCUT2D eigenvalue weighted by Crippen LogP contribution is -2.36. The minimum Gasteiger partial charge on any atom is -0.423 e. The van der Waals surface area contributed by atoms with E-state index in [2.05, 4.69) is 4.98 Å². The number of aldehydes is 1. The number of aromatic nitrogens is 1. The second-order valence-corrected chi connectivity index (χ2v) is 3.94. The minimum atomic E-state index is 0.603. The van der Waals surface area contributed by atoms with Crippen molar-refractivity contribution >= 4 is 23.4 Å². The molecule has 2 heterocycles. The summed E-state index contributed by atoms with van der Waals surface area (Å²) in [6, 6.07) is 5.83. The average Bonchev–Trinajstić information content (AvgIpc) is 2.82. The van der Waals surface area contributed by atoms with Crippen molar-refractivity contribution in [2.45, 2.75) is 0 Å². The molecule has 0 amide bonds. The first-order valence-corrected chi connectivity index (χ1v) is 5.55. The molecule has 0 unspecified atom stereocenters. The number of morpholine rings is 1. The molecule has 0 N–H and O–H groups in total. The summed E-state index contributed by atoms with van der Waals surface area (Å²) in [7, 11) is 0. The lowest BCUT2D eigenvalue weighted by molar-refractivity contribution is 0.112. The molecule has 0 radical (unpaired) electrons.